The fourth-order valence-corrected chi connectivity index (χ4v) is 2.07. The Balaban J connectivity index is 2.31. The summed E-state index contributed by atoms with van der Waals surface area (Å²) in [5.41, 5.74) is 1.19. The van der Waals surface area contributed by atoms with Gasteiger partial charge in [-0.25, -0.2) is 0 Å². The van der Waals surface area contributed by atoms with Crippen LogP contribution in [0.15, 0.2) is 24.3 Å². The average molecular weight is 246 g/mol. The lowest BCUT2D eigenvalue weighted by Crippen LogP contribution is -2.50. The van der Waals surface area contributed by atoms with Crippen LogP contribution in [0.1, 0.15) is 12.0 Å². The molecule has 0 radical (unpaired) electrons. The molecule has 1 aliphatic heterocycles. The third-order valence-corrected chi connectivity index (χ3v) is 2.89. The zero-order valence-electron chi connectivity index (χ0n) is 9.87. The van der Waals surface area contributed by atoms with Crippen LogP contribution in [-0.2, 0) is 9.53 Å². The molecule has 18 heavy (non-hydrogen) atoms. The predicted octanol–water partition coefficient (Wildman–Crippen LogP) is 0.672. The zero-order valence-corrected chi connectivity index (χ0v) is 9.87. The highest BCUT2D eigenvalue weighted by molar-refractivity contribution is 5.95. The zero-order chi connectivity index (χ0) is 13.0. The molecule has 5 heteroatoms. The first-order chi connectivity index (χ1) is 8.76. The molecule has 1 atom stereocenters. The molecule has 94 valence electrons. The molecular weight excluding hydrogens is 232 g/mol. The maximum atomic E-state index is 11.9. The third-order valence-electron chi connectivity index (χ3n) is 2.89. The van der Waals surface area contributed by atoms with Crippen LogP contribution in [0.3, 0.4) is 0 Å². The van der Waals surface area contributed by atoms with Crippen molar-refractivity contribution in [1.82, 2.24) is 0 Å². The third kappa shape index (κ3) is 2.50. The average Bonchev–Trinajstić information content (AvgIpc) is 2.39. The minimum absolute atomic E-state index is 0.00422. The summed E-state index contributed by atoms with van der Waals surface area (Å²) in [5, 5.41) is 17.9. The molecule has 5 nitrogen and oxygen atoms in total. The van der Waals surface area contributed by atoms with Gasteiger partial charge in [0.1, 0.15) is 6.61 Å². The number of anilines is 1. The maximum Gasteiger partial charge on any atom is 0.253 e. The number of aliphatic hydroxyl groups is 1. The van der Waals surface area contributed by atoms with Crippen LogP contribution in [0.2, 0.25) is 0 Å². The van der Waals surface area contributed by atoms with E-state index in [2.05, 4.69) is 0 Å². The minimum atomic E-state index is -0.176. The lowest BCUT2D eigenvalue weighted by molar-refractivity contribution is -0.127. The number of carbonyl (C=O) groups excluding carboxylic acids is 1. The van der Waals surface area contributed by atoms with Gasteiger partial charge in [0.25, 0.3) is 5.91 Å². The van der Waals surface area contributed by atoms with Crippen molar-refractivity contribution in [2.75, 3.05) is 24.7 Å². The SMILES string of the molecule is N#Cc1cccc(N2C(=O)COCC2CCO)c1. The topological polar surface area (TPSA) is 73.6 Å². The molecule has 2 rings (SSSR count). The van der Waals surface area contributed by atoms with Crippen molar-refractivity contribution >= 4 is 11.6 Å². The van der Waals surface area contributed by atoms with Gasteiger partial charge in [-0.15, -0.1) is 0 Å². The number of carbonyl (C=O) groups is 1. The Morgan fingerprint density at radius 3 is 3.11 bits per heavy atom. The van der Waals surface area contributed by atoms with Gasteiger partial charge >= 0.3 is 0 Å². The normalized spacial score (nSPS) is 19.7. The molecule has 1 aromatic rings. The molecule has 1 fully saturated rings. The van der Waals surface area contributed by atoms with E-state index in [0.717, 1.165) is 0 Å². The molecule has 0 aliphatic carbocycles. The number of hydrogen-bond donors (Lipinski definition) is 1. The van der Waals surface area contributed by atoms with Crippen molar-refractivity contribution in [2.45, 2.75) is 12.5 Å². The molecule has 1 aromatic carbocycles. The van der Waals surface area contributed by atoms with Gasteiger partial charge < -0.3 is 14.7 Å². The van der Waals surface area contributed by atoms with Crippen LogP contribution in [-0.4, -0.2) is 36.9 Å². The Morgan fingerprint density at radius 1 is 1.56 bits per heavy atom. The summed E-state index contributed by atoms with van der Waals surface area (Å²) in [5.74, 6) is -0.144. The summed E-state index contributed by atoms with van der Waals surface area (Å²) in [4.78, 5) is 13.5. The quantitative estimate of drug-likeness (QED) is 0.850. The van der Waals surface area contributed by atoms with Gasteiger partial charge in [-0.2, -0.15) is 5.26 Å². The summed E-state index contributed by atoms with van der Waals surface area (Å²) >= 11 is 0. The molecule has 1 heterocycles. The number of nitriles is 1. The van der Waals surface area contributed by atoms with Gasteiger partial charge in [-0.05, 0) is 24.6 Å². The van der Waals surface area contributed by atoms with Crippen molar-refractivity contribution < 1.29 is 14.6 Å². The molecule has 1 saturated heterocycles. The van der Waals surface area contributed by atoms with E-state index in [1.165, 1.54) is 0 Å². The minimum Gasteiger partial charge on any atom is -0.396 e. The Morgan fingerprint density at radius 2 is 2.39 bits per heavy atom. The number of benzene rings is 1. The number of aliphatic hydroxyl groups excluding tert-OH is 1. The van der Waals surface area contributed by atoms with Gasteiger partial charge in [0, 0.05) is 12.3 Å². The van der Waals surface area contributed by atoms with E-state index >= 15 is 0 Å². The second-order valence-electron chi connectivity index (χ2n) is 4.11. The van der Waals surface area contributed by atoms with Crippen LogP contribution in [0.5, 0.6) is 0 Å². The van der Waals surface area contributed by atoms with E-state index in [-0.39, 0.29) is 25.2 Å². The van der Waals surface area contributed by atoms with E-state index in [9.17, 15) is 4.79 Å². The van der Waals surface area contributed by atoms with Crippen molar-refractivity contribution in [2.24, 2.45) is 0 Å². The summed E-state index contributed by atoms with van der Waals surface area (Å²) in [6, 6.07) is 8.77. The Kier molecular flexibility index (Phi) is 3.92. The lowest BCUT2D eigenvalue weighted by Gasteiger charge is -2.35. The highest BCUT2D eigenvalue weighted by Crippen LogP contribution is 2.23. The summed E-state index contributed by atoms with van der Waals surface area (Å²) in [6.45, 7) is 0.442. The van der Waals surface area contributed by atoms with Crippen molar-refractivity contribution in [3.63, 3.8) is 0 Å². The number of ether oxygens (including phenoxy) is 1. The Hall–Kier alpha value is -1.90. The predicted molar refractivity (Wildman–Crippen MR) is 65.0 cm³/mol. The smallest absolute Gasteiger partial charge is 0.253 e. The highest BCUT2D eigenvalue weighted by Gasteiger charge is 2.29. The molecular formula is C13H14N2O3. The molecule has 0 spiro atoms. The molecule has 1 unspecified atom stereocenters. The van der Waals surface area contributed by atoms with Gasteiger partial charge in [-0.1, -0.05) is 6.07 Å². The fraction of sp³-hybridized carbons (Fsp3) is 0.385. The second-order valence-corrected chi connectivity index (χ2v) is 4.11. The van der Waals surface area contributed by atoms with Crippen molar-refractivity contribution in [3.05, 3.63) is 29.8 Å². The highest BCUT2D eigenvalue weighted by atomic mass is 16.5. The molecule has 0 aromatic heterocycles. The van der Waals surface area contributed by atoms with Crippen molar-refractivity contribution in [3.8, 4) is 6.07 Å². The van der Waals surface area contributed by atoms with Gasteiger partial charge in [-0.3, -0.25) is 4.79 Å². The van der Waals surface area contributed by atoms with Gasteiger partial charge in [0.15, 0.2) is 0 Å². The first-order valence-corrected chi connectivity index (χ1v) is 5.77. The summed E-state index contributed by atoms with van der Waals surface area (Å²) < 4.78 is 5.19. The standard InChI is InChI=1S/C13H14N2O3/c14-7-10-2-1-3-11(6-10)15-12(4-5-16)8-18-9-13(15)17/h1-3,6,12,16H,4-5,8-9H2. The van der Waals surface area contributed by atoms with Crippen LogP contribution >= 0.6 is 0 Å². The van der Waals surface area contributed by atoms with Crippen LogP contribution in [0.25, 0.3) is 0 Å². The number of morpholine rings is 1. The molecule has 0 saturated carbocycles. The van der Waals surface area contributed by atoms with Crippen molar-refractivity contribution in [1.29, 1.82) is 5.26 Å². The Bertz CT molecular complexity index is 479. The van der Waals surface area contributed by atoms with Gasteiger partial charge in [0.05, 0.1) is 24.3 Å². The van der Waals surface area contributed by atoms with E-state index in [1.807, 2.05) is 6.07 Å². The maximum absolute atomic E-state index is 11.9. The number of nitrogens with zero attached hydrogens (tertiary/aromatic N) is 2. The van der Waals surface area contributed by atoms with E-state index in [4.69, 9.17) is 15.1 Å². The first-order valence-electron chi connectivity index (χ1n) is 5.77. The molecule has 0 bridgehead atoms. The van der Waals surface area contributed by atoms with E-state index in [1.54, 1.807) is 29.2 Å². The summed E-state index contributed by atoms with van der Waals surface area (Å²) in [6.07, 6.45) is 0.461. The molecule has 1 amide bonds. The van der Waals surface area contributed by atoms with E-state index in [0.29, 0.717) is 24.3 Å². The van der Waals surface area contributed by atoms with Crippen LogP contribution in [0.4, 0.5) is 5.69 Å². The van der Waals surface area contributed by atoms with Crippen LogP contribution in [0, 0.1) is 11.3 Å². The lowest BCUT2D eigenvalue weighted by atomic mass is 10.1. The fourth-order valence-electron chi connectivity index (χ4n) is 2.07. The number of rotatable bonds is 3. The Labute approximate surface area is 105 Å². The van der Waals surface area contributed by atoms with Crippen LogP contribution < -0.4 is 4.90 Å². The molecule has 1 N–H and O–H groups in total. The number of amides is 1. The summed E-state index contributed by atoms with van der Waals surface area (Å²) in [7, 11) is 0. The largest absolute Gasteiger partial charge is 0.396 e. The van der Waals surface area contributed by atoms with E-state index < -0.39 is 0 Å². The monoisotopic (exact) mass is 246 g/mol. The second kappa shape index (κ2) is 5.63. The number of hydrogen-bond acceptors (Lipinski definition) is 4. The van der Waals surface area contributed by atoms with Gasteiger partial charge in [0.2, 0.25) is 0 Å². The first kappa shape index (κ1) is 12.6. The molecule has 1 aliphatic rings.